The molecule has 2 aliphatic rings. The van der Waals surface area contributed by atoms with Crippen LogP contribution in [0.5, 0.6) is 0 Å². The average molecular weight is 257 g/mol. The van der Waals surface area contributed by atoms with Gasteiger partial charge in [-0.25, -0.2) is 0 Å². The summed E-state index contributed by atoms with van der Waals surface area (Å²) in [5.41, 5.74) is 1.88. The summed E-state index contributed by atoms with van der Waals surface area (Å²) in [5.74, 6) is 0.475. The molecule has 0 unspecified atom stereocenters. The van der Waals surface area contributed by atoms with Crippen LogP contribution < -0.4 is 0 Å². The van der Waals surface area contributed by atoms with Crippen LogP contribution in [-0.2, 0) is 11.2 Å². The second-order valence-electron chi connectivity index (χ2n) is 5.58. The van der Waals surface area contributed by atoms with Gasteiger partial charge < -0.3 is 4.90 Å². The van der Waals surface area contributed by atoms with Crippen molar-refractivity contribution in [2.24, 2.45) is 5.92 Å². The molecular weight excluding hydrogens is 238 g/mol. The number of rotatable bonds is 3. The quantitative estimate of drug-likeness (QED) is 0.834. The van der Waals surface area contributed by atoms with Crippen molar-refractivity contribution in [1.29, 1.82) is 0 Å². The third-order valence-corrected chi connectivity index (χ3v) is 4.34. The highest BCUT2D eigenvalue weighted by Gasteiger charge is 2.29. The molecule has 0 N–H and O–H groups in total. The summed E-state index contributed by atoms with van der Waals surface area (Å²) < 4.78 is 0. The maximum Gasteiger partial charge on any atom is 0.254 e. The van der Waals surface area contributed by atoms with Crippen molar-refractivity contribution in [2.45, 2.75) is 32.1 Å². The Balaban J connectivity index is 1.70. The number of hydrogen-bond donors (Lipinski definition) is 0. The Bertz CT molecular complexity index is 503. The van der Waals surface area contributed by atoms with Crippen LogP contribution in [0.2, 0.25) is 0 Å². The predicted molar refractivity (Wildman–Crippen MR) is 73.0 cm³/mol. The number of fused-ring (bicyclic) bond motifs is 1. The Morgan fingerprint density at radius 2 is 1.95 bits per heavy atom. The molecule has 1 aromatic rings. The maximum absolute atomic E-state index is 12.3. The molecule has 0 aromatic heterocycles. The normalized spacial score (nSPS) is 19.6. The SMILES string of the molecule is O=C(CN1CCc2ccccc2C1=O)C1CCCC1. The molecule has 3 heteroatoms. The number of ketones is 1. The minimum absolute atomic E-state index is 0.0215. The van der Waals surface area contributed by atoms with E-state index in [-0.39, 0.29) is 17.6 Å². The highest BCUT2D eigenvalue weighted by atomic mass is 16.2. The molecule has 3 nitrogen and oxygen atoms in total. The van der Waals surface area contributed by atoms with E-state index < -0.39 is 0 Å². The van der Waals surface area contributed by atoms with Gasteiger partial charge in [0.05, 0.1) is 6.54 Å². The van der Waals surface area contributed by atoms with Gasteiger partial charge in [0.1, 0.15) is 0 Å². The van der Waals surface area contributed by atoms with Gasteiger partial charge in [-0.15, -0.1) is 0 Å². The molecule has 19 heavy (non-hydrogen) atoms. The van der Waals surface area contributed by atoms with E-state index in [4.69, 9.17) is 0 Å². The minimum Gasteiger partial charge on any atom is -0.331 e. The monoisotopic (exact) mass is 257 g/mol. The predicted octanol–water partition coefficient (Wildman–Crippen LogP) is 2.44. The fraction of sp³-hybridized carbons (Fsp3) is 0.500. The molecule has 1 aromatic carbocycles. The van der Waals surface area contributed by atoms with Crippen molar-refractivity contribution in [1.82, 2.24) is 4.90 Å². The third-order valence-electron chi connectivity index (χ3n) is 4.34. The van der Waals surface area contributed by atoms with Crippen LogP contribution in [0.1, 0.15) is 41.6 Å². The number of carbonyl (C=O) groups excluding carboxylic acids is 2. The van der Waals surface area contributed by atoms with Crippen molar-refractivity contribution in [2.75, 3.05) is 13.1 Å². The average Bonchev–Trinajstić information content (AvgIpc) is 2.96. The topological polar surface area (TPSA) is 37.4 Å². The van der Waals surface area contributed by atoms with Gasteiger partial charge in [-0.1, -0.05) is 31.0 Å². The summed E-state index contributed by atoms with van der Waals surface area (Å²) in [6, 6.07) is 7.72. The molecular formula is C16H19NO2. The van der Waals surface area contributed by atoms with Crippen molar-refractivity contribution in [3.8, 4) is 0 Å². The van der Waals surface area contributed by atoms with Gasteiger partial charge in [-0.05, 0) is 30.9 Å². The van der Waals surface area contributed by atoms with Crippen LogP contribution in [0.15, 0.2) is 24.3 Å². The third kappa shape index (κ3) is 2.42. The molecule has 0 saturated heterocycles. The molecule has 0 radical (unpaired) electrons. The molecule has 0 atom stereocenters. The first-order chi connectivity index (χ1) is 9.25. The smallest absolute Gasteiger partial charge is 0.254 e. The number of Topliss-reactive ketones (excluding diaryl/α,β-unsaturated/α-hetero) is 1. The Kier molecular flexibility index (Phi) is 3.36. The minimum atomic E-state index is 0.0215. The molecule has 1 amide bonds. The van der Waals surface area contributed by atoms with E-state index in [9.17, 15) is 9.59 Å². The Morgan fingerprint density at radius 1 is 1.21 bits per heavy atom. The van der Waals surface area contributed by atoms with Gasteiger partial charge in [0.2, 0.25) is 0 Å². The zero-order valence-electron chi connectivity index (χ0n) is 11.1. The summed E-state index contributed by atoms with van der Waals surface area (Å²) in [5, 5.41) is 0. The van der Waals surface area contributed by atoms with E-state index >= 15 is 0 Å². The molecule has 1 aliphatic carbocycles. The molecule has 0 bridgehead atoms. The van der Waals surface area contributed by atoms with Gasteiger partial charge >= 0.3 is 0 Å². The first kappa shape index (κ1) is 12.4. The van der Waals surface area contributed by atoms with Gasteiger partial charge in [0.15, 0.2) is 5.78 Å². The molecule has 1 aliphatic heterocycles. The second-order valence-corrected chi connectivity index (χ2v) is 5.58. The van der Waals surface area contributed by atoms with Gasteiger partial charge in [-0.2, -0.15) is 0 Å². The van der Waals surface area contributed by atoms with E-state index in [1.165, 1.54) is 0 Å². The van der Waals surface area contributed by atoms with Crippen LogP contribution in [0.3, 0.4) is 0 Å². The number of benzene rings is 1. The van der Waals surface area contributed by atoms with Gasteiger partial charge in [-0.3, -0.25) is 9.59 Å². The van der Waals surface area contributed by atoms with E-state index in [1.807, 2.05) is 24.3 Å². The summed E-state index contributed by atoms with van der Waals surface area (Å²) >= 11 is 0. The van der Waals surface area contributed by atoms with Crippen LogP contribution in [0, 0.1) is 5.92 Å². The van der Waals surface area contributed by atoms with Gasteiger partial charge in [0.25, 0.3) is 5.91 Å². The fourth-order valence-corrected chi connectivity index (χ4v) is 3.19. The lowest BCUT2D eigenvalue weighted by atomic mass is 9.97. The number of hydrogen-bond acceptors (Lipinski definition) is 2. The maximum atomic E-state index is 12.3. The lowest BCUT2D eigenvalue weighted by Crippen LogP contribution is -2.42. The lowest BCUT2D eigenvalue weighted by Gasteiger charge is -2.28. The van der Waals surface area contributed by atoms with Crippen LogP contribution in [0.4, 0.5) is 0 Å². The highest BCUT2D eigenvalue weighted by Crippen LogP contribution is 2.26. The molecule has 100 valence electrons. The van der Waals surface area contributed by atoms with Crippen molar-refractivity contribution in [3.05, 3.63) is 35.4 Å². The molecule has 1 heterocycles. The van der Waals surface area contributed by atoms with E-state index in [0.29, 0.717) is 13.1 Å². The molecule has 3 rings (SSSR count). The van der Waals surface area contributed by atoms with E-state index in [2.05, 4.69) is 0 Å². The summed E-state index contributed by atoms with van der Waals surface area (Å²) in [6.07, 6.45) is 5.20. The van der Waals surface area contributed by atoms with Crippen LogP contribution in [0.25, 0.3) is 0 Å². The number of carbonyl (C=O) groups is 2. The van der Waals surface area contributed by atoms with Crippen molar-refractivity contribution >= 4 is 11.7 Å². The van der Waals surface area contributed by atoms with E-state index in [0.717, 1.165) is 43.2 Å². The zero-order chi connectivity index (χ0) is 13.2. The first-order valence-electron chi connectivity index (χ1n) is 7.15. The summed E-state index contributed by atoms with van der Waals surface area (Å²) in [6.45, 7) is 0.978. The number of nitrogens with zero attached hydrogens (tertiary/aromatic N) is 1. The van der Waals surface area contributed by atoms with Crippen molar-refractivity contribution in [3.63, 3.8) is 0 Å². The second kappa shape index (κ2) is 5.16. The fourth-order valence-electron chi connectivity index (χ4n) is 3.19. The van der Waals surface area contributed by atoms with Crippen molar-refractivity contribution < 1.29 is 9.59 Å². The largest absolute Gasteiger partial charge is 0.331 e. The first-order valence-corrected chi connectivity index (χ1v) is 7.15. The Hall–Kier alpha value is -1.64. The van der Waals surface area contributed by atoms with Crippen LogP contribution in [-0.4, -0.2) is 29.7 Å². The zero-order valence-corrected chi connectivity index (χ0v) is 11.1. The standard InChI is InChI=1S/C16H19NO2/c18-15(13-6-1-2-7-13)11-17-10-9-12-5-3-4-8-14(12)16(17)19/h3-5,8,13H,1-2,6-7,9-11H2. The Morgan fingerprint density at radius 3 is 2.74 bits per heavy atom. The highest BCUT2D eigenvalue weighted by molar-refractivity contribution is 5.99. The lowest BCUT2D eigenvalue weighted by molar-refractivity contribution is -0.123. The van der Waals surface area contributed by atoms with Crippen LogP contribution >= 0.6 is 0 Å². The number of amides is 1. The molecule has 1 fully saturated rings. The summed E-state index contributed by atoms with van der Waals surface area (Å²) in [4.78, 5) is 26.2. The molecule has 0 spiro atoms. The summed E-state index contributed by atoms with van der Waals surface area (Å²) in [7, 11) is 0. The Labute approximate surface area is 113 Å². The van der Waals surface area contributed by atoms with Gasteiger partial charge in [0, 0.05) is 18.0 Å². The van der Waals surface area contributed by atoms with E-state index in [1.54, 1.807) is 4.90 Å². The molecule has 1 saturated carbocycles.